The van der Waals surface area contributed by atoms with Gasteiger partial charge >= 0.3 is 0 Å². The first-order valence-corrected chi connectivity index (χ1v) is 6.45. The van der Waals surface area contributed by atoms with E-state index >= 15 is 0 Å². The Labute approximate surface area is 108 Å². The summed E-state index contributed by atoms with van der Waals surface area (Å²) in [7, 11) is 0. The number of rotatable bonds is 2. The number of hydrogen-bond acceptors (Lipinski definition) is 2. The molecule has 1 amide bonds. The largest absolute Gasteiger partial charge is 0.339 e. The molecule has 0 aromatic heterocycles. The molecule has 3 nitrogen and oxygen atoms in total. The van der Waals surface area contributed by atoms with Gasteiger partial charge in [0.05, 0.1) is 0 Å². The van der Waals surface area contributed by atoms with E-state index in [1.54, 1.807) is 6.08 Å². The molecule has 0 radical (unpaired) electrons. The predicted molar refractivity (Wildman–Crippen MR) is 74.0 cm³/mol. The summed E-state index contributed by atoms with van der Waals surface area (Å²) in [5.41, 5.74) is 8.11. The Morgan fingerprint density at radius 2 is 2.00 bits per heavy atom. The van der Waals surface area contributed by atoms with Crippen molar-refractivity contribution in [3.63, 3.8) is 0 Å². The van der Waals surface area contributed by atoms with Crippen molar-refractivity contribution in [2.75, 3.05) is 13.1 Å². The fourth-order valence-electron chi connectivity index (χ4n) is 2.16. The van der Waals surface area contributed by atoms with E-state index in [9.17, 15) is 4.79 Å². The van der Waals surface area contributed by atoms with Gasteiger partial charge in [-0.2, -0.15) is 0 Å². The van der Waals surface area contributed by atoms with Crippen LogP contribution in [0.3, 0.4) is 0 Å². The van der Waals surface area contributed by atoms with Crippen LogP contribution in [0.2, 0.25) is 0 Å². The maximum absolute atomic E-state index is 12.0. The van der Waals surface area contributed by atoms with E-state index in [1.807, 2.05) is 42.2 Å². The van der Waals surface area contributed by atoms with Gasteiger partial charge in [-0.25, -0.2) is 0 Å². The minimum atomic E-state index is 0.0881. The number of hydrogen-bond donors (Lipinski definition) is 1. The van der Waals surface area contributed by atoms with Crippen molar-refractivity contribution in [1.82, 2.24) is 4.90 Å². The fraction of sp³-hybridized carbons (Fsp3) is 0.400. The Morgan fingerprint density at radius 3 is 2.67 bits per heavy atom. The summed E-state index contributed by atoms with van der Waals surface area (Å²) in [4.78, 5) is 13.9. The Balaban J connectivity index is 1.97. The summed E-state index contributed by atoms with van der Waals surface area (Å²) in [5, 5.41) is 0. The minimum Gasteiger partial charge on any atom is -0.339 e. The summed E-state index contributed by atoms with van der Waals surface area (Å²) < 4.78 is 0. The van der Waals surface area contributed by atoms with Crippen molar-refractivity contribution in [3.8, 4) is 0 Å². The second-order valence-electron chi connectivity index (χ2n) is 4.85. The van der Waals surface area contributed by atoms with E-state index in [0.29, 0.717) is 0 Å². The highest BCUT2D eigenvalue weighted by Gasteiger charge is 2.18. The van der Waals surface area contributed by atoms with Crippen LogP contribution < -0.4 is 5.73 Å². The molecule has 1 aliphatic rings. The molecule has 0 saturated carbocycles. The maximum Gasteiger partial charge on any atom is 0.246 e. The summed E-state index contributed by atoms with van der Waals surface area (Å²) in [6, 6.07) is 8.31. The molecule has 0 atom stereocenters. The van der Waals surface area contributed by atoms with Gasteiger partial charge < -0.3 is 10.6 Å². The highest BCUT2D eigenvalue weighted by atomic mass is 16.2. The van der Waals surface area contributed by atoms with E-state index < -0.39 is 0 Å². The molecule has 1 aromatic carbocycles. The van der Waals surface area contributed by atoms with Crippen molar-refractivity contribution in [2.24, 2.45) is 5.73 Å². The van der Waals surface area contributed by atoms with Crippen molar-refractivity contribution < 1.29 is 4.79 Å². The summed E-state index contributed by atoms with van der Waals surface area (Å²) in [5.74, 6) is 0.0881. The molecule has 0 aliphatic carbocycles. The third-order valence-corrected chi connectivity index (χ3v) is 3.45. The van der Waals surface area contributed by atoms with Crippen LogP contribution in [0.4, 0.5) is 0 Å². The Hall–Kier alpha value is -1.61. The SMILES string of the molecule is Cc1ccccc1/C=C/C(=O)N1CCC(N)CC1. The average Bonchev–Trinajstić information content (AvgIpc) is 2.38. The molecule has 96 valence electrons. The molecule has 0 spiro atoms. The summed E-state index contributed by atoms with van der Waals surface area (Å²) >= 11 is 0. The van der Waals surface area contributed by atoms with Crippen LogP contribution in [0, 0.1) is 6.92 Å². The number of aryl methyl sites for hydroxylation is 1. The van der Waals surface area contributed by atoms with Crippen molar-refractivity contribution >= 4 is 12.0 Å². The number of nitrogens with two attached hydrogens (primary N) is 1. The van der Waals surface area contributed by atoms with Crippen LogP contribution in [0.5, 0.6) is 0 Å². The molecule has 1 saturated heterocycles. The van der Waals surface area contributed by atoms with Crippen molar-refractivity contribution in [2.45, 2.75) is 25.8 Å². The zero-order valence-corrected chi connectivity index (χ0v) is 10.8. The molecule has 1 aliphatic heterocycles. The Bertz CT molecular complexity index is 446. The Morgan fingerprint density at radius 1 is 1.33 bits per heavy atom. The van der Waals surface area contributed by atoms with Gasteiger partial charge in [-0.05, 0) is 37.0 Å². The normalized spacial score (nSPS) is 17.3. The van der Waals surface area contributed by atoms with E-state index in [-0.39, 0.29) is 11.9 Å². The summed E-state index contributed by atoms with van der Waals surface area (Å²) in [6.45, 7) is 3.60. The molecule has 1 fully saturated rings. The number of benzene rings is 1. The van der Waals surface area contributed by atoms with Crippen LogP contribution in [-0.4, -0.2) is 29.9 Å². The van der Waals surface area contributed by atoms with E-state index in [0.717, 1.165) is 31.5 Å². The molecule has 1 heterocycles. The summed E-state index contributed by atoms with van der Waals surface area (Å²) in [6.07, 6.45) is 5.37. The number of amides is 1. The molecular weight excluding hydrogens is 224 g/mol. The number of nitrogens with zero attached hydrogens (tertiary/aromatic N) is 1. The van der Waals surface area contributed by atoms with Crippen LogP contribution in [0.25, 0.3) is 6.08 Å². The third-order valence-electron chi connectivity index (χ3n) is 3.45. The van der Waals surface area contributed by atoms with E-state index in [4.69, 9.17) is 5.73 Å². The second kappa shape index (κ2) is 5.83. The quantitative estimate of drug-likeness (QED) is 0.808. The topological polar surface area (TPSA) is 46.3 Å². The van der Waals surface area contributed by atoms with Gasteiger partial charge in [0.2, 0.25) is 5.91 Å². The molecule has 0 bridgehead atoms. The van der Waals surface area contributed by atoms with E-state index in [1.165, 1.54) is 5.56 Å². The number of carbonyl (C=O) groups is 1. The monoisotopic (exact) mass is 244 g/mol. The lowest BCUT2D eigenvalue weighted by Crippen LogP contribution is -2.42. The number of likely N-dealkylation sites (tertiary alicyclic amines) is 1. The molecule has 2 rings (SSSR count). The molecular formula is C15H20N2O. The molecule has 18 heavy (non-hydrogen) atoms. The first kappa shape index (κ1) is 12.8. The molecule has 0 unspecified atom stereocenters. The van der Waals surface area contributed by atoms with Crippen LogP contribution in [0.1, 0.15) is 24.0 Å². The van der Waals surface area contributed by atoms with Gasteiger partial charge in [0.1, 0.15) is 0 Å². The molecule has 1 aromatic rings. The molecule has 2 N–H and O–H groups in total. The van der Waals surface area contributed by atoms with Crippen molar-refractivity contribution in [3.05, 3.63) is 41.5 Å². The van der Waals surface area contributed by atoms with E-state index in [2.05, 4.69) is 0 Å². The third kappa shape index (κ3) is 3.20. The first-order valence-electron chi connectivity index (χ1n) is 6.45. The maximum atomic E-state index is 12.0. The zero-order chi connectivity index (χ0) is 13.0. The highest BCUT2D eigenvalue weighted by Crippen LogP contribution is 2.11. The second-order valence-corrected chi connectivity index (χ2v) is 4.85. The van der Waals surface area contributed by atoms with Gasteiger partial charge in [-0.1, -0.05) is 24.3 Å². The zero-order valence-electron chi connectivity index (χ0n) is 10.8. The fourth-order valence-corrected chi connectivity index (χ4v) is 2.16. The van der Waals surface area contributed by atoms with Gasteiger partial charge in [-0.3, -0.25) is 4.79 Å². The van der Waals surface area contributed by atoms with Gasteiger partial charge in [-0.15, -0.1) is 0 Å². The lowest BCUT2D eigenvalue weighted by atomic mass is 10.1. The predicted octanol–water partition coefficient (Wildman–Crippen LogP) is 1.96. The smallest absolute Gasteiger partial charge is 0.246 e. The average molecular weight is 244 g/mol. The van der Waals surface area contributed by atoms with Crippen LogP contribution >= 0.6 is 0 Å². The molecule has 3 heteroatoms. The van der Waals surface area contributed by atoms with Crippen molar-refractivity contribution in [1.29, 1.82) is 0 Å². The van der Waals surface area contributed by atoms with Gasteiger partial charge in [0.25, 0.3) is 0 Å². The number of piperidine rings is 1. The minimum absolute atomic E-state index is 0.0881. The Kier molecular flexibility index (Phi) is 4.15. The number of carbonyl (C=O) groups excluding carboxylic acids is 1. The lowest BCUT2D eigenvalue weighted by Gasteiger charge is -2.29. The van der Waals surface area contributed by atoms with Crippen LogP contribution in [-0.2, 0) is 4.79 Å². The van der Waals surface area contributed by atoms with Gasteiger partial charge in [0.15, 0.2) is 0 Å². The standard InChI is InChI=1S/C15H20N2O/c1-12-4-2-3-5-13(12)6-7-15(18)17-10-8-14(16)9-11-17/h2-7,14H,8-11,16H2,1H3/b7-6+. The highest BCUT2D eigenvalue weighted by molar-refractivity contribution is 5.92. The first-order chi connectivity index (χ1) is 8.66. The van der Waals surface area contributed by atoms with Crippen LogP contribution in [0.15, 0.2) is 30.3 Å². The lowest BCUT2D eigenvalue weighted by molar-refractivity contribution is -0.126. The van der Waals surface area contributed by atoms with Gasteiger partial charge in [0, 0.05) is 25.2 Å².